The molecule has 1 aliphatic heterocycles. The van der Waals surface area contributed by atoms with Crippen LogP contribution < -0.4 is 10.6 Å². The lowest BCUT2D eigenvalue weighted by molar-refractivity contribution is -0.122. The lowest BCUT2D eigenvalue weighted by atomic mass is 9.94. The summed E-state index contributed by atoms with van der Waals surface area (Å²) in [5, 5.41) is 5.92. The van der Waals surface area contributed by atoms with Crippen LogP contribution in [0.15, 0.2) is 18.2 Å². The number of amides is 1. The standard InChI is InChI=1S/C15H20F2N2O/c1-10(15-12(16)3-2-4-13(15)17)19-14(20)9-11-5-7-18-8-6-11/h2-4,10-11,18H,5-9H2,1H3,(H,19,20). The van der Waals surface area contributed by atoms with Gasteiger partial charge in [-0.3, -0.25) is 4.79 Å². The van der Waals surface area contributed by atoms with Crippen molar-refractivity contribution < 1.29 is 13.6 Å². The second-order valence-electron chi connectivity index (χ2n) is 5.32. The Balaban J connectivity index is 1.93. The molecule has 5 heteroatoms. The summed E-state index contributed by atoms with van der Waals surface area (Å²) in [5.41, 5.74) is -0.0776. The van der Waals surface area contributed by atoms with Gasteiger partial charge < -0.3 is 10.6 Å². The lowest BCUT2D eigenvalue weighted by Crippen LogP contribution is -2.33. The molecule has 1 aliphatic rings. The second kappa shape index (κ2) is 6.79. The third-order valence-electron chi connectivity index (χ3n) is 3.74. The highest BCUT2D eigenvalue weighted by atomic mass is 19.1. The van der Waals surface area contributed by atoms with E-state index in [0.717, 1.165) is 25.9 Å². The number of hydrogen-bond acceptors (Lipinski definition) is 2. The predicted molar refractivity (Wildman–Crippen MR) is 73.1 cm³/mol. The number of rotatable bonds is 4. The van der Waals surface area contributed by atoms with E-state index in [-0.39, 0.29) is 11.5 Å². The van der Waals surface area contributed by atoms with Crippen molar-refractivity contribution in [3.63, 3.8) is 0 Å². The Morgan fingerprint density at radius 2 is 1.95 bits per heavy atom. The van der Waals surface area contributed by atoms with Crippen molar-refractivity contribution in [2.75, 3.05) is 13.1 Å². The van der Waals surface area contributed by atoms with E-state index in [2.05, 4.69) is 10.6 Å². The van der Waals surface area contributed by atoms with Gasteiger partial charge in [0.2, 0.25) is 5.91 Å². The van der Waals surface area contributed by atoms with Crippen molar-refractivity contribution in [2.24, 2.45) is 5.92 Å². The minimum absolute atomic E-state index is 0.0776. The molecular formula is C15H20F2N2O. The molecule has 0 aromatic heterocycles. The van der Waals surface area contributed by atoms with E-state index in [1.54, 1.807) is 6.92 Å². The lowest BCUT2D eigenvalue weighted by Gasteiger charge is -2.23. The van der Waals surface area contributed by atoms with Crippen LogP contribution in [0, 0.1) is 17.6 Å². The van der Waals surface area contributed by atoms with Gasteiger partial charge in [0.05, 0.1) is 6.04 Å². The molecule has 1 aromatic carbocycles. The molecule has 2 N–H and O–H groups in total. The van der Waals surface area contributed by atoms with Gasteiger partial charge in [0.1, 0.15) is 11.6 Å². The summed E-state index contributed by atoms with van der Waals surface area (Å²) in [5.74, 6) is -1.04. The first-order valence-electron chi connectivity index (χ1n) is 7.02. The molecule has 0 saturated carbocycles. The van der Waals surface area contributed by atoms with Crippen molar-refractivity contribution in [3.05, 3.63) is 35.4 Å². The summed E-state index contributed by atoms with van der Waals surface area (Å²) >= 11 is 0. The second-order valence-corrected chi connectivity index (χ2v) is 5.32. The average Bonchev–Trinajstić information content (AvgIpc) is 2.39. The fourth-order valence-electron chi connectivity index (χ4n) is 2.64. The quantitative estimate of drug-likeness (QED) is 0.891. The molecular weight excluding hydrogens is 262 g/mol. The van der Waals surface area contributed by atoms with Gasteiger partial charge in [0, 0.05) is 12.0 Å². The molecule has 1 aromatic rings. The summed E-state index contributed by atoms with van der Waals surface area (Å²) in [6.07, 6.45) is 2.35. The van der Waals surface area contributed by atoms with Gasteiger partial charge in [0.25, 0.3) is 0 Å². The van der Waals surface area contributed by atoms with Crippen molar-refractivity contribution in [2.45, 2.75) is 32.2 Å². The summed E-state index contributed by atoms with van der Waals surface area (Å²) < 4.78 is 27.2. The predicted octanol–water partition coefficient (Wildman–Crippen LogP) is 2.53. The highest BCUT2D eigenvalue weighted by molar-refractivity contribution is 5.76. The number of hydrogen-bond donors (Lipinski definition) is 2. The molecule has 0 aliphatic carbocycles. The monoisotopic (exact) mass is 282 g/mol. The fraction of sp³-hybridized carbons (Fsp3) is 0.533. The minimum atomic E-state index is -0.662. The Kier molecular flexibility index (Phi) is 5.06. The molecule has 2 rings (SSSR count). The van der Waals surface area contributed by atoms with Crippen LogP contribution in [0.2, 0.25) is 0 Å². The number of piperidine rings is 1. The molecule has 110 valence electrons. The number of halogens is 2. The molecule has 3 nitrogen and oxygen atoms in total. The van der Waals surface area contributed by atoms with Crippen molar-refractivity contribution in [1.82, 2.24) is 10.6 Å². The molecule has 1 saturated heterocycles. The highest BCUT2D eigenvalue weighted by Gasteiger charge is 2.21. The number of carbonyl (C=O) groups excluding carboxylic acids is 1. The van der Waals surface area contributed by atoms with Crippen LogP contribution in [-0.2, 0) is 4.79 Å². The molecule has 0 spiro atoms. The Hall–Kier alpha value is -1.49. The minimum Gasteiger partial charge on any atom is -0.349 e. The van der Waals surface area contributed by atoms with Crippen LogP contribution in [0.25, 0.3) is 0 Å². The van der Waals surface area contributed by atoms with Crippen LogP contribution >= 0.6 is 0 Å². The average molecular weight is 282 g/mol. The van der Waals surface area contributed by atoms with Gasteiger partial charge in [-0.1, -0.05) is 6.07 Å². The molecule has 1 atom stereocenters. The number of benzene rings is 1. The van der Waals surface area contributed by atoms with Crippen LogP contribution in [0.4, 0.5) is 8.78 Å². The largest absolute Gasteiger partial charge is 0.349 e. The maximum Gasteiger partial charge on any atom is 0.220 e. The Bertz CT molecular complexity index is 453. The third-order valence-corrected chi connectivity index (χ3v) is 3.74. The van der Waals surface area contributed by atoms with Gasteiger partial charge in [-0.15, -0.1) is 0 Å². The van der Waals surface area contributed by atoms with E-state index in [1.807, 2.05) is 0 Å². The maximum atomic E-state index is 13.6. The first-order chi connectivity index (χ1) is 9.58. The van der Waals surface area contributed by atoms with Crippen LogP contribution in [0.3, 0.4) is 0 Å². The molecule has 1 unspecified atom stereocenters. The van der Waals surface area contributed by atoms with E-state index in [1.165, 1.54) is 18.2 Å². The van der Waals surface area contributed by atoms with Gasteiger partial charge in [-0.05, 0) is 50.9 Å². The molecule has 20 heavy (non-hydrogen) atoms. The Morgan fingerprint density at radius 1 is 1.35 bits per heavy atom. The SMILES string of the molecule is CC(NC(=O)CC1CCNCC1)c1c(F)cccc1F. The normalized spacial score (nSPS) is 17.8. The van der Waals surface area contributed by atoms with E-state index in [4.69, 9.17) is 0 Å². The zero-order chi connectivity index (χ0) is 14.5. The number of carbonyl (C=O) groups is 1. The Labute approximate surface area is 117 Å². The first-order valence-corrected chi connectivity index (χ1v) is 7.02. The van der Waals surface area contributed by atoms with E-state index >= 15 is 0 Å². The molecule has 0 bridgehead atoms. The third kappa shape index (κ3) is 3.76. The summed E-state index contributed by atoms with van der Waals surface area (Å²) in [7, 11) is 0. The highest BCUT2D eigenvalue weighted by Crippen LogP contribution is 2.21. The summed E-state index contributed by atoms with van der Waals surface area (Å²) in [6, 6.07) is 3.06. The van der Waals surface area contributed by atoms with Crippen LogP contribution in [-0.4, -0.2) is 19.0 Å². The van der Waals surface area contributed by atoms with Crippen LogP contribution in [0.1, 0.15) is 37.8 Å². The van der Waals surface area contributed by atoms with Crippen molar-refractivity contribution in [1.29, 1.82) is 0 Å². The fourth-order valence-corrected chi connectivity index (χ4v) is 2.64. The van der Waals surface area contributed by atoms with Crippen molar-refractivity contribution >= 4 is 5.91 Å². The van der Waals surface area contributed by atoms with Gasteiger partial charge in [-0.2, -0.15) is 0 Å². The van der Waals surface area contributed by atoms with Gasteiger partial charge in [-0.25, -0.2) is 8.78 Å². The summed E-state index contributed by atoms with van der Waals surface area (Å²) in [6.45, 7) is 3.45. The molecule has 1 amide bonds. The first kappa shape index (κ1) is 14.9. The van der Waals surface area contributed by atoms with E-state index in [9.17, 15) is 13.6 Å². The zero-order valence-corrected chi connectivity index (χ0v) is 11.6. The van der Waals surface area contributed by atoms with Crippen LogP contribution in [0.5, 0.6) is 0 Å². The van der Waals surface area contributed by atoms with E-state index < -0.39 is 17.7 Å². The molecule has 1 fully saturated rings. The van der Waals surface area contributed by atoms with Gasteiger partial charge in [0.15, 0.2) is 0 Å². The summed E-state index contributed by atoms with van der Waals surface area (Å²) in [4.78, 5) is 11.9. The molecule has 0 radical (unpaired) electrons. The van der Waals surface area contributed by atoms with E-state index in [0.29, 0.717) is 12.3 Å². The zero-order valence-electron chi connectivity index (χ0n) is 11.6. The van der Waals surface area contributed by atoms with Crippen molar-refractivity contribution in [3.8, 4) is 0 Å². The number of nitrogens with one attached hydrogen (secondary N) is 2. The molecule has 1 heterocycles. The smallest absolute Gasteiger partial charge is 0.220 e. The van der Waals surface area contributed by atoms with Gasteiger partial charge >= 0.3 is 0 Å². The Morgan fingerprint density at radius 3 is 2.55 bits per heavy atom. The maximum absolute atomic E-state index is 13.6. The topological polar surface area (TPSA) is 41.1 Å².